The third-order valence-corrected chi connectivity index (χ3v) is 4.03. The molecule has 124 valence electrons. The lowest BCUT2D eigenvalue weighted by atomic mass is 10.1. The van der Waals surface area contributed by atoms with Crippen molar-refractivity contribution in [1.29, 1.82) is 0 Å². The van der Waals surface area contributed by atoms with Crippen molar-refractivity contribution in [1.82, 2.24) is 20.4 Å². The lowest BCUT2D eigenvalue weighted by Crippen LogP contribution is -2.64. The summed E-state index contributed by atoms with van der Waals surface area (Å²) in [6.45, 7) is 3.07. The predicted octanol–water partition coefficient (Wildman–Crippen LogP) is -0.303. The van der Waals surface area contributed by atoms with Gasteiger partial charge in [0.25, 0.3) is 5.91 Å². The number of hydrogen-bond acceptors (Lipinski definition) is 4. The van der Waals surface area contributed by atoms with E-state index in [1.165, 1.54) is 4.90 Å². The summed E-state index contributed by atoms with van der Waals surface area (Å²) in [7, 11) is 1.65. The number of carbonyl (C=O) groups is 2. The molecule has 22 heavy (non-hydrogen) atoms. The number of aliphatic hydroxyl groups excluding tert-OH is 1. The van der Waals surface area contributed by atoms with Crippen molar-refractivity contribution in [2.24, 2.45) is 4.99 Å². The Morgan fingerprint density at radius 1 is 1.27 bits per heavy atom. The van der Waals surface area contributed by atoms with Gasteiger partial charge >= 0.3 is 6.03 Å². The number of imide groups is 1. The van der Waals surface area contributed by atoms with Gasteiger partial charge in [0.1, 0.15) is 6.17 Å². The van der Waals surface area contributed by atoms with Crippen molar-refractivity contribution < 1.29 is 14.7 Å². The fourth-order valence-electron chi connectivity index (χ4n) is 2.83. The number of likely N-dealkylation sites (N-methyl/N-ethyl adjacent to an activating group) is 1. The Morgan fingerprint density at radius 3 is 2.73 bits per heavy atom. The van der Waals surface area contributed by atoms with Gasteiger partial charge in [-0.05, 0) is 6.42 Å². The van der Waals surface area contributed by atoms with Gasteiger partial charge in [0.2, 0.25) is 0 Å². The fraction of sp³-hybridized carbons (Fsp3) is 0.786. The van der Waals surface area contributed by atoms with E-state index in [1.54, 1.807) is 7.05 Å². The molecule has 8 nitrogen and oxygen atoms in total. The first-order chi connectivity index (χ1) is 10.6. The zero-order valence-electron chi connectivity index (χ0n) is 13.2. The number of nitrogens with one attached hydrogen (secondary N) is 2. The quantitative estimate of drug-likeness (QED) is 0.561. The molecule has 0 saturated carbocycles. The second-order valence-electron chi connectivity index (χ2n) is 5.62. The van der Waals surface area contributed by atoms with Gasteiger partial charge in [0.15, 0.2) is 12.0 Å². The molecule has 2 aliphatic heterocycles. The van der Waals surface area contributed by atoms with E-state index in [2.05, 4.69) is 22.5 Å². The van der Waals surface area contributed by atoms with E-state index in [9.17, 15) is 9.59 Å². The normalized spacial score (nSPS) is 26.2. The molecule has 2 heterocycles. The number of fused-ring (bicyclic) bond motifs is 1. The molecule has 2 fully saturated rings. The van der Waals surface area contributed by atoms with Crippen LogP contribution in [-0.2, 0) is 4.79 Å². The molecule has 0 aliphatic carbocycles. The summed E-state index contributed by atoms with van der Waals surface area (Å²) in [5, 5.41) is 14.5. The minimum Gasteiger partial charge on any atom is -0.394 e. The van der Waals surface area contributed by atoms with Gasteiger partial charge in [0.05, 0.1) is 13.2 Å². The minimum absolute atomic E-state index is 0.0504. The SMILES string of the molecule is CCCCCCN1C(=NCCO)NC2C1C(=O)NC(=O)N2C. The smallest absolute Gasteiger partial charge is 0.325 e. The molecule has 3 amide bonds. The van der Waals surface area contributed by atoms with Gasteiger partial charge in [0, 0.05) is 13.6 Å². The van der Waals surface area contributed by atoms with Crippen LogP contribution in [0.25, 0.3) is 0 Å². The Balaban J connectivity index is 2.13. The van der Waals surface area contributed by atoms with Crippen LogP contribution >= 0.6 is 0 Å². The van der Waals surface area contributed by atoms with Gasteiger partial charge in [-0.1, -0.05) is 26.2 Å². The van der Waals surface area contributed by atoms with Crippen LogP contribution in [0.3, 0.4) is 0 Å². The van der Waals surface area contributed by atoms with E-state index < -0.39 is 18.2 Å². The van der Waals surface area contributed by atoms with Crippen molar-refractivity contribution in [3.63, 3.8) is 0 Å². The molecule has 2 unspecified atom stereocenters. The molecule has 0 radical (unpaired) electrons. The van der Waals surface area contributed by atoms with Crippen LogP contribution in [-0.4, -0.2) is 71.8 Å². The molecule has 2 atom stereocenters. The maximum atomic E-state index is 12.2. The Bertz CT molecular complexity index is 454. The average Bonchev–Trinajstić information content (AvgIpc) is 2.86. The molecule has 0 bridgehead atoms. The summed E-state index contributed by atoms with van der Waals surface area (Å²) in [4.78, 5) is 31.6. The van der Waals surface area contributed by atoms with Gasteiger partial charge in [-0.2, -0.15) is 0 Å². The molecule has 8 heteroatoms. The first-order valence-electron chi connectivity index (χ1n) is 7.86. The topological polar surface area (TPSA) is 97.3 Å². The number of aliphatic hydroxyl groups is 1. The Labute approximate surface area is 130 Å². The highest BCUT2D eigenvalue weighted by molar-refractivity contribution is 6.04. The molecular weight excluding hydrogens is 286 g/mol. The number of rotatable bonds is 7. The summed E-state index contributed by atoms with van der Waals surface area (Å²) in [5.41, 5.74) is 0. The molecule has 0 aromatic heterocycles. The summed E-state index contributed by atoms with van der Waals surface area (Å²) < 4.78 is 0. The Morgan fingerprint density at radius 2 is 2.05 bits per heavy atom. The third kappa shape index (κ3) is 3.32. The Kier molecular flexibility index (Phi) is 5.59. The number of carbonyl (C=O) groups excluding carboxylic acids is 2. The van der Waals surface area contributed by atoms with Crippen LogP contribution in [0.1, 0.15) is 32.6 Å². The standard InChI is InChI=1S/C14H25N5O3/c1-3-4-5-6-8-19-10-11(16-13(19)15-7-9-20)18(2)14(22)17-12(10)21/h10-11,20H,3-9H2,1-2H3,(H,15,16)(H,17,21,22). The van der Waals surface area contributed by atoms with Crippen LogP contribution in [0.5, 0.6) is 0 Å². The largest absolute Gasteiger partial charge is 0.394 e. The minimum atomic E-state index is -0.471. The molecule has 0 aromatic carbocycles. The van der Waals surface area contributed by atoms with Crippen molar-refractivity contribution in [3.8, 4) is 0 Å². The second kappa shape index (κ2) is 7.44. The summed E-state index contributed by atoms with van der Waals surface area (Å²) in [6, 6.07) is -0.880. The fourth-order valence-corrected chi connectivity index (χ4v) is 2.83. The number of amides is 3. The van der Waals surface area contributed by atoms with Crippen LogP contribution < -0.4 is 10.6 Å². The van der Waals surface area contributed by atoms with Crippen LogP contribution in [0.15, 0.2) is 4.99 Å². The van der Waals surface area contributed by atoms with E-state index in [0.717, 1.165) is 25.7 Å². The summed E-state index contributed by atoms with van der Waals surface area (Å²) >= 11 is 0. The summed E-state index contributed by atoms with van der Waals surface area (Å²) in [5.74, 6) is 0.280. The van der Waals surface area contributed by atoms with Crippen LogP contribution in [0, 0.1) is 0 Å². The number of unbranched alkanes of at least 4 members (excludes halogenated alkanes) is 3. The highest BCUT2D eigenvalue weighted by atomic mass is 16.3. The number of guanidine groups is 1. The first kappa shape index (κ1) is 16.5. The van der Waals surface area contributed by atoms with E-state index in [0.29, 0.717) is 12.5 Å². The van der Waals surface area contributed by atoms with E-state index in [1.807, 2.05) is 4.90 Å². The molecule has 2 saturated heterocycles. The lowest BCUT2D eigenvalue weighted by molar-refractivity contribution is -0.127. The third-order valence-electron chi connectivity index (χ3n) is 4.03. The molecule has 2 rings (SSSR count). The van der Waals surface area contributed by atoms with Gasteiger partial charge < -0.3 is 20.2 Å². The van der Waals surface area contributed by atoms with Crippen LogP contribution in [0.4, 0.5) is 4.79 Å². The number of nitrogens with zero attached hydrogens (tertiary/aromatic N) is 3. The summed E-state index contributed by atoms with van der Waals surface area (Å²) in [6.07, 6.45) is 3.94. The first-order valence-corrected chi connectivity index (χ1v) is 7.86. The highest BCUT2D eigenvalue weighted by Gasteiger charge is 2.49. The molecular formula is C14H25N5O3. The molecule has 2 aliphatic rings. The number of aliphatic imine (C=N–C) groups is 1. The zero-order chi connectivity index (χ0) is 16.1. The highest BCUT2D eigenvalue weighted by Crippen LogP contribution is 2.21. The van der Waals surface area contributed by atoms with Crippen LogP contribution in [0.2, 0.25) is 0 Å². The van der Waals surface area contributed by atoms with E-state index >= 15 is 0 Å². The Hall–Kier alpha value is -1.83. The maximum Gasteiger partial charge on any atom is 0.325 e. The lowest BCUT2D eigenvalue weighted by Gasteiger charge is -2.35. The predicted molar refractivity (Wildman–Crippen MR) is 82.2 cm³/mol. The van der Waals surface area contributed by atoms with Crippen molar-refractivity contribution in [2.45, 2.75) is 44.8 Å². The van der Waals surface area contributed by atoms with Crippen molar-refractivity contribution in [3.05, 3.63) is 0 Å². The molecule has 0 aromatic rings. The van der Waals surface area contributed by atoms with Gasteiger partial charge in [-0.3, -0.25) is 15.1 Å². The number of hydrogen-bond donors (Lipinski definition) is 3. The zero-order valence-corrected chi connectivity index (χ0v) is 13.2. The van der Waals surface area contributed by atoms with Crippen molar-refractivity contribution >= 4 is 17.9 Å². The van der Waals surface area contributed by atoms with Gasteiger partial charge in [-0.25, -0.2) is 4.79 Å². The van der Waals surface area contributed by atoms with Crippen molar-refractivity contribution in [2.75, 3.05) is 26.7 Å². The second-order valence-corrected chi connectivity index (χ2v) is 5.62. The average molecular weight is 311 g/mol. The number of urea groups is 1. The van der Waals surface area contributed by atoms with E-state index in [4.69, 9.17) is 5.11 Å². The molecule has 0 spiro atoms. The van der Waals surface area contributed by atoms with E-state index in [-0.39, 0.29) is 19.1 Å². The maximum absolute atomic E-state index is 12.2. The monoisotopic (exact) mass is 311 g/mol. The molecule has 3 N–H and O–H groups in total. The van der Waals surface area contributed by atoms with Gasteiger partial charge in [-0.15, -0.1) is 0 Å².